The Morgan fingerprint density at radius 2 is 1.87 bits per heavy atom. The zero-order valence-electron chi connectivity index (χ0n) is 13.7. The summed E-state index contributed by atoms with van der Waals surface area (Å²) in [5.41, 5.74) is 2.03. The Labute approximate surface area is 140 Å². The average Bonchev–Trinajstić information content (AvgIpc) is 2.90. The van der Waals surface area contributed by atoms with Crippen molar-refractivity contribution in [3.63, 3.8) is 0 Å². The fraction of sp³-hybridized carbons (Fsp3) is 0.368. The summed E-state index contributed by atoms with van der Waals surface area (Å²) in [7, 11) is 0. The zero-order chi connectivity index (χ0) is 16.7. The monoisotopic (exact) mass is 327 g/mol. The van der Waals surface area contributed by atoms with E-state index >= 15 is 0 Å². The maximum atomic E-state index is 12.4. The maximum Gasteiger partial charge on any atom is 0.252 e. The van der Waals surface area contributed by atoms with Crippen molar-refractivity contribution < 1.29 is 9.59 Å². The molecule has 1 atom stereocenters. The highest BCUT2D eigenvalue weighted by Gasteiger charge is 2.61. The molecule has 1 N–H and O–H groups in total. The second-order valence-corrected chi connectivity index (χ2v) is 7.86. The van der Waals surface area contributed by atoms with Crippen LogP contribution in [0.25, 0.3) is 0 Å². The molecule has 1 aromatic heterocycles. The van der Waals surface area contributed by atoms with Crippen LogP contribution in [0, 0.1) is 5.41 Å². The van der Waals surface area contributed by atoms with Crippen LogP contribution in [0.5, 0.6) is 0 Å². The van der Waals surface area contributed by atoms with Crippen LogP contribution >= 0.6 is 11.3 Å². The summed E-state index contributed by atoms with van der Waals surface area (Å²) in [6, 6.07) is 12.1. The van der Waals surface area contributed by atoms with Gasteiger partial charge in [0, 0.05) is 17.3 Å². The fourth-order valence-electron chi connectivity index (χ4n) is 3.34. The van der Waals surface area contributed by atoms with Crippen LogP contribution in [0.4, 0.5) is 0 Å². The number of carbonyl (C=O) groups excluding carboxylic acids is 2. The molecule has 3 rings (SSSR count). The summed E-state index contributed by atoms with van der Waals surface area (Å²) in [5.74, 6) is -0.107. The molecule has 120 valence electrons. The van der Waals surface area contributed by atoms with Crippen LogP contribution in [0.15, 0.2) is 41.8 Å². The van der Waals surface area contributed by atoms with E-state index in [-0.39, 0.29) is 22.5 Å². The third-order valence-electron chi connectivity index (χ3n) is 5.00. The molecule has 1 fully saturated rings. The SMILES string of the molecule is CC(=O)c1cc(C(=O)NC[C@]2(c3ccccc3)CC2(C)C)cs1. The van der Waals surface area contributed by atoms with Gasteiger partial charge >= 0.3 is 0 Å². The number of hydrogen-bond donors (Lipinski definition) is 1. The van der Waals surface area contributed by atoms with Gasteiger partial charge in [0.25, 0.3) is 5.91 Å². The Kier molecular flexibility index (Phi) is 3.88. The average molecular weight is 327 g/mol. The predicted octanol–water partition coefficient (Wildman–Crippen LogP) is 4.05. The van der Waals surface area contributed by atoms with Crippen molar-refractivity contribution in [2.24, 2.45) is 5.41 Å². The summed E-state index contributed by atoms with van der Waals surface area (Å²) >= 11 is 1.32. The Balaban J connectivity index is 1.73. The predicted molar refractivity (Wildman–Crippen MR) is 93.2 cm³/mol. The number of rotatable bonds is 5. The van der Waals surface area contributed by atoms with Crippen LogP contribution in [-0.2, 0) is 5.41 Å². The summed E-state index contributed by atoms with van der Waals surface area (Å²) in [5, 5.41) is 4.81. The highest BCUT2D eigenvalue weighted by molar-refractivity contribution is 7.12. The molecule has 23 heavy (non-hydrogen) atoms. The molecule has 3 nitrogen and oxygen atoms in total. The molecule has 1 saturated carbocycles. The van der Waals surface area contributed by atoms with Crippen LogP contribution in [0.2, 0.25) is 0 Å². The van der Waals surface area contributed by atoms with Gasteiger partial charge in [-0.1, -0.05) is 44.2 Å². The largest absolute Gasteiger partial charge is 0.351 e. The van der Waals surface area contributed by atoms with E-state index in [0.717, 1.165) is 6.42 Å². The van der Waals surface area contributed by atoms with Gasteiger partial charge in [0.2, 0.25) is 0 Å². The second kappa shape index (κ2) is 5.60. The lowest BCUT2D eigenvalue weighted by Crippen LogP contribution is -2.34. The maximum absolute atomic E-state index is 12.4. The molecule has 0 aliphatic heterocycles. The molecule has 1 aliphatic carbocycles. The Bertz CT molecular complexity index is 748. The van der Waals surface area contributed by atoms with Gasteiger partial charge in [-0.2, -0.15) is 0 Å². The lowest BCUT2D eigenvalue weighted by molar-refractivity contribution is 0.0948. The quantitative estimate of drug-likeness (QED) is 0.842. The lowest BCUT2D eigenvalue weighted by Gasteiger charge is -2.21. The molecular weight excluding hydrogens is 306 g/mol. The highest BCUT2D eigenvalue weighted by Crippen LogP contribution is 2.63. The van der Waals surface area contributed by atoms with E-state index in [2.05, 4.69) is 31.3 Å². The first-order valence-electron chi connectivity index (χ1n) is 7.79. The van der Waals surface area contributed by atoms with Gasteiger partial charge in [-0.25, -0.2) is 0 Å². The minimum absolute atomic E-state index is 0.00173. The standard InChI is InChI=1S/C19H21NO2S/c1-13(21)16-9-14(10-23-16)17(22)20-12-19(11-18(19,2)3)15-7-5-4-6-8-15/h4-10H,11-12H2,1-3H3,(H,20,22)/t19-/m0/s1. The fourth-order valence-corrected chi connectivity index (χ4v) is 4.13. The molecule has 0 bridgehead atoms. The smallest absolute Gasteiger partial charge is 0.252 e. The second-order valence-electron chi connectivity index (χ2n) is 6.95. The summed E-state index contributed by atoms with van der Waals surface area (Å²) in [6.07, 6.45) is 1.06. The van der Waals surface area contributed by atoms with Gasteiger partial charge in [0.05, 0.1) is 10.4 Å². The highest BCUT2D eigenvalue weighted by atomic mass is 32.1. The molecule has 0 unspecified atom stereocenters. The molecule has 1 heterocycles. The van der Waals surface area contributed by atoms with E-state index in [4.69, 9.17) is 0 Å². The van der Waals surface area contributed by atoms with E-state index < -0.39 is 0 Å². The molecule has 0 spiro atoms. The van der Waals surface area contributed by atoms with Crippen LogP contribution in [0.1, 0.15) is 52.8 Å². The Morgan fingerprint density at radius 3 is 2.39 bits per heavy atom. The van der Waals surface area contributed by atoms with Crippen molar-refractivity contribution in [1.82, 2.24) is 5.32 Å². The van der Waals surface area contributed by atoms with Crippen LogP contribution in [-0.4, -0.2) is 18.2 Å². The third kappa shape index (κ3) is 2.83. The minimum atomic E-state index is -0.105. The van der Waals surface area contributed by atoms with E-state index in [1.165, 1.54) is 23.8 Å². The third-order valence-corrected chi connectivity index (χ3v) is 6.03. The van der Waals surface area contributed by atoms with Crippen LogP contribution < -0.4 is 5.32 Å². The first-order valence-corrected chi connectivity index (χ1v) is 8.67. The van der Waals surface area contributed by atoms with Crippen molar-refractivity contribution in [3.05, 3.63) is 57.8 Å². The first kappa shape index (κ1) is 15.9. The Hall–Kier alpha value is -1.94. The summed E-state index contributed by atoms with van der Waals surface area (Å²) in [6.45, 7) is 6.62. The number of nitrogens with one attached hydrogen (secondary N) is 1. The zero-order valence-corrected chi connectivity index (χ0v) is 14.5. The van der Waals surface area contributed by atoms with Gasteiger partial charge in [0.15, 0.2) is 5.78 Å². The van der Waals surface area contributed by atoms with Crippen molar-refractivity contribution in [2.75, 3.05) is 6.54 Å². The molecule has 2 aromatic rings. The molecular formula is C19H21NO2S. The van der Waals surface area contributed by atoms with E-state index in [1.54, 1.807) is 11.4 Å². The molecule has 0 radical (unpaired) electrons. The van der Waals surface area contributed by atoms with Crippen molar-refractivity contribution in [2.45, 2.75) is 32.6 Å². The van der Waals surface area contributed by atoms with Crippen LogP contribution in [0.3, 0.4) is 0 Å². The van der Waals surface area contributed by atoms with Crippen molar-refractivity contribution in [1.29, 1.82) is 0 Å². The number of amides is 1. The molecule has 4 heteroatoms. The molecule has 0 saturated heterocycles. The lowest BCUT2D eigenvalue weighted by atomic mass is 9.88. The van der Waals surface area contributed by atoms with Gasteiger partial charge in [0.1, 0.15) is 0 Å². The van der Waals surface area contributed by atoms with E-state index in [1.807, 2.05) is 18.2 Å². The number of ketones is 1. The number of carbonyl (C=O) groups is 2. The van der Waals surface area contributed by atoms with E-state index in [9.17, 15) is 9.59 Å². The number of Topliss-reactive ketones (excluding diaryl/α,β-unsaturated/α-hetero) is 1. The van der Waals surface area contributed by atoms with Gasteiger partial charge in [-0.15, -0.1) is 11.3 Å². The minimum Gasteiger partial charge on any atom is -0.351 e. The normalized spacial score (nSPS) is 21.7. The van der Waals surface area contributed by atoms with Gasteiger partial charge in [-0.3, -0.25) is 9.59 Å². The van der Waals surface area contributed by atoms with Crippen molar-refractivity contribution >= 4 is 23.0 Å². The number of hydrogen-bond acceptors (Lipinski definition) is 3. The molecule has 1 aromatic carbocycles. The van der Waals surface area contributed by atoms with E-state index in [0.29, 0.717) is 17.0 Å². The first-order chi connectivity index (χ1) is 10.9. The van der Waals surface area contributed by atoms with Gasteiger partial charge < -0.3 is 5.32 Å². The van der Waals surface area contributed by atoms with Gasteiger partial charge in [-0.05, 0) is 30.4 Å². The summed E-state index contributed by atoms with van der Waals surface area (Å²) in [4.78, 5) is 24.4. The topological polar surface area (TPSA) is 46.2 Å². The summed E-state index contributed by atoms with van der Waals surface area (Å²) < 4.78 is 0. The number of thiophene rings is 1. The molecule has 1 aliphatic rings. The number of benzene rings is 1. The Morgan fingerprint density at radius 1 is 1.22 bits per heavy atom. The molecule has 1 amide bonds. The van der Waals surface area contributed by atoms with Crippen molar-refractivity contribution in [3.8, 4) is 0 Å².